The Balaban J connectivity index is 1.41. The minimum absolute atomic E-state index is 0.0571. The molecular weight excluding hydrogens is 772 g/mol. The normalized spacial score (nSPS) is 14.1. The van der Waals surface area contributed by atoms with E-state index < -0.39 is 22.5 Å². The molecule has 1 atom stereocenters. The maximum absolute atomic E-state index is 14.7. The number of carbonyl (C=O) groups is 1. The van der Waals surface area contributed by atoms with Crippen molar-refractivity contribution in [2.75, 3.05) is 6.61 Å². The van der Waals surface area contributed by atoms with Gasteiger partial charge in [-0.1, -0.05) is 77.5 Å². The number of fused-ring (bicyclic) bond motifs is 1. The van der Waals surface area contributed by atoms with Gasteiger partial charge in [-0.15, -0.1) is 10.2 Å². The molecule has 0 radical (unpaired) electrons. The Morgan fingerprint density at radius 3 is 2.43 bits per heavy atom. The van der Waals surface area contributed by atoms with Crippen LogP contribution in [0.1, 0.15) is 50.4 Å². The van der Waals surface area contributed by atoms with Gasteiger partial charge in [0.15, 0.2) is 15.8 Å². The Morgan fingerprint density at radius 1 is 1.00 bits per heavy atom. The lowest BCUT2D eigenvalue weighted by atomic mass is 9.93. The number of thiazole rings is 1. The molecule has 56 heavy (non-hydrogen) atoms. The third-order valence-electron chi connectivity index (χ3n) is 8.75. The number of non-ortho nitro benzene ring substituents is 1. The van der Waals surface area contributed by atoms with E-state index in [0.29, 0.717) is 60.4 Å². The van der Waals surface area contributed by atoms with E-state index >= 15 is 0 Å². The van der Waals surface area contributed by atoms with E-state index in [2.05, 4.69) is 10.2 Å². The first-order valence-electron chi connectivity index (χ1n) is 17.8. The molecule has 2 aromatic heterocycles. The summed E-state index contributed by atoms with van der Waals surface area (Å²) >= 11 is 8.67. The largest absolute Gasteiger partial charge is 0.491 e. The van der Waals surface area contributed by atoms with Crippen LogP contribution in [0.25, 0.3) is 23.2 Å². The summed E-state index contributed by atoms with van der Waals surface area (Å²) < 4.78 is 15.2. The number of rotatable bonds is 12. The molecule has 0 spiro atoms. The number of hydrogen-bond donors (Lipinski definition) is 0. The fraction of sp³-hybridized carbons (Fsp3) is 0.195. The highest BCUT2D eigenvalue weighted by molar-refractivity contribution is 7.99. The van der Waals surface area contributed by atoms with E-state index in [1.165, 1.54) is 28.5 Å². The maximum Gasteiger partial charge on any atom is 0.338 e. The summed E-state index contributed by atoms with van der Waals surface area (Å²) in [5, 5.41) is 22.0. The third kappa shape index (κ3) is 7.81. The summed E-state index contributed by atoms with van der Waals surface area (Å²) in [7, 11) is 0. The summed E-state index contributed by atoms with van der Waals surface area (Å²) in [6.07, 6.45) is 1.56. The van der Waals surface area contributed by atoms with E-state index in [9.17, 15) is 19.7 Å². The zero-order valence-corrected chi connectivity index (χ0v) is 33.1. The van der Waals surface area contributed by atoms with Crippen LogP contribution in [0.4, 0.5) is 5.69 Å². The van der Waals surface area contributed by atoms with Gasteiger partial charge in [-0.2, -0.15) is 0 Å². The predicted molar refractivity (Wildman–Crippen MR) is 217 cm³/mol. The molecule has 0 fully saturated rings. The second kappa shape index (κ2) is 16.5. The zero-order valence-electron chi connectivity index (χ0n) is 30.7. The van der Waals surface area contributed by atoms with Crippen molar-refractivity contribution in [2.45, 2.75) is 56.4 Å². The molecular formula is C41H35ClN6O6S2. The Bertz CT molecular complexity index is 2670. The van der Waals surface area contributed by atoms with Crippen LogP contribution in [0.3, 0.4) is 0 Å². The molecule has 0 bridgehead atoms. The topological polar surface area (TPSA) is 144 Å². The number of halogens is 1. The number of carbonyl (C=O) groups excluding carboxylic acids is 1. The molecule has 1 aliphatic rings. The van der Waals surface area contributed by atoms with Crippen molar-refractivity contribution in [1.29, 1.82) is 0 Å². The average Bonchev–Trinajstić information content (AvgIpc) is 3.74. The first kappa shape index (κ1) is 38.4. The highest BCUT2D eigenvalue weighted by Gasteiger charge is 2.35. The van der Waals surface area contributed by atoms with Crippen LogP contribution in [0, 0.1) is 10.1 Å². The lowest BCUT2D eigenvalue weighted by Gasteiger charge is -2.26. The van der Waals surface area contributed by atoms with Gasteiger partial charge in [-0.3, -0.25) is 19.5 Å². The number of nitrogens with zero attached hydrogens (tertiary/aromatic N) is 6. The van der Waals surface area contributed by atoms with Gasteiger partial charge >= 0.3 is 5.97 Å². The third-order valence-corrected chi connectivity index (χ3v) is 11.0. The highest BCUT2D eigenvalue weighted by Crippen LogP contribution is 2.37. The molecule has 0 N–H and O–H groups in total. The second-order valence-corrected chi connectivity index (χ2v) is 15.3. The summed E-state index contributed by atoms with van der Waals surface area (Å²) in [5.41, 5.74) is 2.52. The second-order valence-electron chi connectivity index (χ2n) is 12.8. The molecule has 284 valence electrons. The molecule has 6 aromatic rings. The number of aromatic nitrogens is 4. The van der Waals surface area contributed by atoms with Gasteiger partial charge in [0.1, 0.15) is 5.75 Å². The molecule has 0 saturated carbocycles. The predicted octanol–water partition coefficient (Wildman–Crippen LogP) is 7.71. The average molecular weight is 807 g/mol. The van der Waals surface area contributed by atoms with Crippen molar-refractivity contribution in [3.05, 3.63) is 154 Å². The van der Waals surface area contributed by atoms with Crippen LogP contribution in [-0.4, -0.2) is 42.9 Å². The highest BCUT2D eigenvalue weighted by atomic mass is 35.5. The van der Waals surface area contributed by atoms with Gasteiger partial charge < -0.3 is 14.0 Å². The fourth-order valence-corrected chi connectivity index (χ4v) is 8.50. The van der Waals surface area contributed by atoms with Gasteiger partial charge in [0.2, 0.25) is 0 Å². The molecule has 0 saturated heterocycles. The molecule has 12 nitrogen and oxygen atoms in total. The minimum Gasteiger partial charge on any atom is -0.491 e. The monoisotopic (exact) mass is 806 g/mol. The first-order valence-corrected chi connectivity index (χ1v) is 19.8. The van der Waals surface area contributed by atoms with Crippen molar-refractivity contribution in [1.82, 2.24) is 19.3 Å². The molecule has 4 aromatic carbocycles. The summed E-state index contributed by atoms with van der Waals surface area (Å²) in [4.78, 5) is 46.0. The van der Waals surface area contributed by atoms with Gasteiger partial charge in [0, 0.05) is 39.7 Å². The van der Waals surface area contributed by atoms with E-state index in [-0.39, 0.29) is 28.5 Å². The fourth-order valence-electron chi connectivity index (χ4n) is 6.34. The van der Waals surface area contributed by atoms with E-state index in [1.54, 1.807) is 43.3 Å². The molecule has 3 heterocycles. The summed E-state index contributed by atoms with van der Waals surface area (Å²) in [6, 6.07) is 27.4. The first-order chi connectivity index (χ1) is 27.1. The number of hydrogen-bond acceptors (Lipinski definition) is 11. The van der Waals surface area contributed by atoms with Gasteiger partial charge in [-0.25, -0.2) is 9.79 Å². The Hall–Kier alpha value is -5.83. The quantitative estimate of drug-likeness (QED) is 0.0690. The maximum atomic E-state index is 14.7. The number of nitro benzene ring substituents is 1. The van der Waals surface area contributed by atoms with E-state index in [4.69, 9.17) is 26.1 Å². The zero-order chi connectivity index (χ0) is 39.5. The van der Waals surface area contributed by atoms with Gasteiger partial charge in [-0.05, 0) is 87.0 Å². The van der Waals surface area contributed by atoms with Crippen molar-refractivity contribution < 1.29 is 19.2 Å². The number of ether oxygens (including phenoxy) is 2. The molecule has 0 aliphatic carbocycles. The van der Waals surface area contributed by atoms with Crippen LogP contribution in [-0.2, 0) is 16.1 Å². The Morgan fingerprint density at radius 2 is 1.75 bits per heavy atom. The van der Waals surface area contributed by atoms with Crippen LogP contribution in [0.5, 0.6) is 5.75 Å². The van der Waals surface area contributed by atoms with Crippen LogP contribution in [0.15, 0.2) is 122 Å². The molecule has 15 heteroatoms. The summed E-state index contributed by atoms with van der Waals surface area (Å²) in [6.45, 7) is 8.20. The number of nitro groups is 1. The lowest BCUT2D eigenvalue weighted by Crippen LogP contribution is -2.40. The van der Waals surface area contributed by atoms with Crippen LogP contribution >= 0.6 is 34.7 Å². The van der Waals surface area contributed by atoms with Gasteiger partial charge in [0.05, 0.1) is 39.5 Å². The smallest absolute Gasteiger partial charge is 0.338 e. The number of esters is 1. The van der Waals surface area contributed by atoms with Gasteiger partial charge in [0.25, 0.3) is 11.2 Å². The SMILES string of the molecule is CCOC(=O)C1=C(c2ccccc2)N=c2s/c(=C\c3cc([N+](=O)[O-])ccc3Sc3nnc(-c4cccc(Cl)c4)n3CC)c(=O)n2[C@H]1c1ccc(OC(C)C)cc1. The Labute approximate surface area is 334 Å². The Kier molecular flexibility index (Phi) is 11.3. The van der Waals surface area contributed by atoms with Crippen molar-refractivity contribution in [2.24, 2.45) is 4.99 Å². The standard InChI is InChI=1S/C41H35ClN6O6S2/c1-5-46-37(27-13-10-14-29(42)21-27)44-45-41(46)55-32-20-17-30(48(51)52)22-28(32)23-33-38(49)47-36(26-15-18-31(19-16-26)54-24(3)4)34(39(50)53-6-2)35(43-40(47)56-33)25-11-8-7-9-12-25/h7-24,36H,5-6H2,1-4H3/b33-23-/t36-/m0/s1. The minimum atomic E-state index is -0.914. The number of benzene rings is 4. The lowest BCUT2D eigenvalue weighted by molar-refractivity contribution is -0.384. The molecule has 7 rings (SSSR count). The van der Waals surface area contributed by atoms with Crippen molar-refractivity contribution >= 4 is 58.1 Å². The molecule has 0 unspecified atom stereocenters. The van der Waals surface area contributed by atoms with Crippen LogP contribution in [0.2, 0.25) is 5.02 Å². The molecule has 1 aliphatic heterocycles. The van der Waals surface area contributed by atoms with E-state index in [0.717, 1.165) is 16.9 Å². The van der Waals surface area contributed by atoms with Crippen molar-refractivity contribution in [3.8, 4) is 17.1 Å². The molecule has 0 amide bonds. The van der Waals surface area contributed by atoms with E-state index in [1.807, 2.05) is 79.9 Å². The van der Waals surface area contributed by atoms with Crippen LogP contribution < -0.4 is 19.6 Å². The van der Waals surface area contributed by atoms with Crippen molar-refractivity contribution in [3.63, 3.8) is 0 Å². The summed E-state index contributed by atoms with van der Waals surface area (Å²) in [5.74, 6) is 0.645.